The molecule has 2 fully saturated rings. The van der Waals surface area contributed by atoms with Crippen LogP contribution in [0.25, 0.3) is 0 Å². The fourth-order valence-electron chi connectivity index (χ4n) is 4.97. The molecule has 3 heterocycles. The monoisotopic (exact) mass is 397 g/mol. The lowest BCUT2D eigenvalue weighted by Gasteiger charge is -2.41. The number of carbonyl (C=O) groups is 3. The van der Waals surface area contributed by atoms with Gasteiger partial charge in [0, 0.05) is 23.7 Å². The van der Waals surface area contributed by atoms with Crippen LogP contribution in [0.4, 0.5) is 14.9 Å². The average Bonchev–Trinajstić information content (AvgIpc) is 3.23. The van der Waals surface area contributed by atoms with E-state index in [1.807, 2.05) is 23.1 Å². The number of hydrogen-bond donors (Lipinski definition) is 2. The molecule has 2 saturated heterocycles. The predicted octanol–water partition coefficient (Wildman–Crippen LogP) is 2.42. The number of likely N-dealkylation sites (N-methyl/N-ethyl adjacent to an activating group) is 1. The summed E-state index contributed by atoms with van der Waals surface area (Å²) in [5.41, 5.74) is 0.666. The van der Waals surface area contributed by atoms with E-state index in [-0.39, 0.29) is 11.7 Å². The van der Waals surface area contributed by atoms with Crippen molar-refractivity contribution < 1.29 is 18.8 Å². The first-order valence-corrected chi connectivity index (χ1v) is 9.65. The zero-order chi connectivity index (χ0) is 19.7. The Hall–Kier alpha value is -2.71. The summed E-state index contributed by atoms with van der Waals surface area (Å²) in [6.45, 7) is 0.362. The zero-order valence-electron chi connectivity index (χ0n) is 14.9. The van der Waals surface area contributed by atoms with Crippen molar-refractivity contribution in [1.29, 1.82) is 0 Å². The number of thioether (sulfide) groups is 1. The minimum absolute atomic E-state index is 0.335. The van der Waals surface area contributed by atoms with Gasteiger partial charge in [0.05, 0.1) is 0 Å². The number of imide groups is 1. The van der Waals surface area contributed by atoms with Crippen molar-refractivity contribution in [1.82, 2.24) is 10.2 Å². The third-order valence-corrected chi connectivity index (χ3v) is 7.40. The SMILES string of the molecule is CN1C[C@@H](c2ccc(F)cc2)[C@@]2(SC(=O)NC2=O)[C@@]12C(=O)Nc1ccccc12. The van der Waals surface area contributed by atoms with E-state index in [1.54, 1.807) is 25.2 Å². The van der Waals surface area contributed by atoms with Crippen LogP contribution >= 0.6 is 11.8 Å². The van der Waals surface area contributed by atoms with Gasteiger partial charge in [-0.3, -0.25) is 24.6 Å². The number of nitrogens with one attached hydrogen (secondary N) is 2. The Kier molecular flexibility index (Phi) is 3.51. The number of anilines is 1. The van der Waals surface area contributed by atoms with Crippen molar-refractivity contribution in [3.05, 3.63) is 65.5 Å². The van der Waals surface area contributed by atoms with Crippen molar-refractivity contribution in [2.24, 2.45) is 0 Å². The molecule has 8 heteroatoms. The third kappa shape index (κ3) is 1.89. The number of likely N-dealkylation sites (tertiary alicyclic amines) is 1. The number of halogens is 1. The number of amides is 3. The van der Waals surface area contributed by atoms with Crippen LogP contribution in [0.5, 0.6) is 0 Å². The van der Waals surface area contributed by atoms with Crippen molar-refractivity contribution in [2.75, 3.05) is 18.9 Å². The van der Waals surface area contributed by atoms with Crippen molar-refractivity contribution in [3.8, 4) is 0 Å². The summed E-state index contributed by atoms with van der Waals surface area (Å²) in [5, 5.41) is 4.79. The fraction of sp³-hybridized carbons (Fsp3) is 0.250. The minimum Gasteiger partial charge on any atom is -0.324 e. The van der Waals surface area contributed by atoms with Gasteiger partial charge in [-0.25, -0.2) is 4.39 Å². The van der Waals surface area contributed by atoms with Gasteiger partial charge in [0.1, 0.15) is 10.6 Å². The van der Waals surface area contributed by atoms with E-state index in [0.717, 1.165) is 11.8 Å². The number of carbonyl (C=O) groups excluding carboxylic acids is 3. The molecule has 0 bridgehead atoms. The van der Waals surface area contributed by atoms with Crippen molar-refractivity contribution >= 4 is 34.5 Å². The van der Waals surface area contributed by atoms with Crippen LogP contribution in [-0.2, 0) is 15.1 Å². The van der Waals surface area contributed by atoms with E-state index in [0.29, 0.717) is 23.4 Å². The minimum atomic E-state index is -1.40. The first kappa shape index (κ1) is 17.4. The zero-order valence-corrected chi connectivity index (χ0v) is 15.7. The molecule has 0 radical (unpaired) electrons. The highest BCUT2D eigenvalue weighted by molar-refractivity contribution is 8.16. The van der Waals surface area contributed by atoms with Gasteiger partial charge < -0.3 is 5.32 Å². The van der Waals surface area contributed by atoms with Crippen LogP contribution in [0.3, 0.4) is 0 Å². The Morgan fingerprint density at radius 2 is 1.75 bits per heavy atom. The maximum absolute atomic E-state index is 13.5. The van der Waals surface area contributed by atoms with Gasteiger partial charge in [-0.1, -0.05) is 30.3 Å². The number of para-hydroxylation sites is 1. The van der Waals surface area contributed by atoms with Crippen LogP contribution in [0.1, 0.15) is 17.0 Å². The summed E-state index contributed by atoms with van der Waals surface area (Å²) in [6.07, 6.45) is 0. The van der Waals surface area contributed by atoms with Crippen LogP contribution in [0, 0.1) is 5.82 Å². The molecule has 28 heavy (non-hydrogen) atoms. The number of fused-ring (bicyclic) bond motifs is 3. The highest BCUT2D eigenvalue weighted by Crippen LogP contribution is 2.64. The van der Waals surface area contributed by atoms with Crippen molar-refractivity contribution in [3.63, 3.8) is 0 Å². The van der Waals surface area contributed by atoms with Gasteiger partial charge in [0.25, 0.3) is 11.1 Å². The number of nitrogens with zero attached hydrogens (tertiary/aromatic N) is 1. The Morgan fingerprint density at radius 1 is 1.04 bits per heavy atom. The summed E-state index contributed by atoms with van der Waals surface area (Å²) in [5.74, 6) is -1.69. The smallest absolute Gasteiger partial charge is 0.286 e. The summed E-state index contributed by atoms with van der Waals surface area (Å²) >= 11 is 0.862. The maximum atomic E-state index is 13.5. The van der Waals surface area contributed by atoms with Gasteiger partial charge in [0.15, 0.2) is 5.54 Å². The van der Waals surface area contributed by atoms with Crippen LogP contribution < -0.4 is 10.6 Å². The predicted molar refractivity (Wildman–Crippen MR) is 102 cm³/mol. The molecule has 2 aromatic rings. The largest absolute Gasteiger partial charge is 0.324 e. The Bertz CT molecular complexity index is 1040. The topological polar surface area (TPSA) is 78.5 Å². The lowest BCUT2D eigenvalue weighted by Crippen LogP contribution is -2.61. The average molecular weight is 397 g/mol. The van der Waals surface area contributed by atoms with E-state index >= 15 is 0 Å². The van der Waals surface area contributed by atoms with Crippen LogP contribution in [-0.4, -0.2) is 40.3 Å². The van der Waals surface area contributed by atoms with Crippen LogP contribution in [0.15, 0.2) is 48.5 Å². The molecular weight excluding hydrogens is 381 g/mol. The number of benzene rings is 2. The Balaban J connectivity index is 1.81. The standard InChI is InChI=1S/C20H16FN3O3S/c1-24-10-14(11-6-8-12(21)9-7-11)20(17(26)23-18(27)28-20)19(24)13-4-2-3-5-15(13)22-16(19)25/h2-9,14H,10H2,1H3,(H,22,25)(H,23,26,27)/t14-,19+,20-/m0/s1. The quantitative estimate of drug-likeness (QED) is 0.773. The lowest BCUT2D eigenvalue weighted by molar-refractivity contribution is -0.133. The van der Waals surface area contributed by atoms with E-state index in [9.17, 15) is 18.8 Å². The summed E-state index contributed by atoms with van der Waals surface area (Å²) in [7, 11) is 1.78. The van der Waals surface area contributed by atoms with Gasteiger partial charge in [-0.15, -0.1) is 0 Å². The molecule has 5 rings (SSSR count). The van der Waals surface area contributed by atoms with Gasteiger partial charge >= 0.3 is 0 Å². The molecule has 3 aliphatic rings. The lowest BCUT2D eigenvalue weighted by atomic mass is 9.72. The first-order valence-electron chi connectivity index (χ1n) is 8.83. The molecular formula is C20H16FN3O3S. The second-order valence-electron chi connectivity index (χ2n) is 7.27. The molecule has 2 N–H and O–H groups in total. The summed E-state index contributed by atoms with van der Waals surface area (Å²) in [6, 6.07) is 13.1. The van der Waals surface area contributed by atoms with Gasteiger partial charge in [0.2, 0.25) is 5.91 Å². The van der Waals surface area contributed by atoms with Crippen molar-refractivity contribution in [2.45, 2.75) is 16.2 Å². The maximum Gasteiger partial charge on any atom is 0.286 e. The van der Waals surface area contributed by atoms with E-state index in [2.05, 4.69) is 10.6 Å². The highest BCUT2D eigenvalue weighted by atomic mass is 32.2. The Labute approximate surface area is 164 Å². The van der Waals surface area contributed by atoms with Gasteiger partial charge in [-0.05, 0) is 42.6 Å². The normalized spacial score (nSPS) is 31.5. The molecule has 0 aromatic heterocycles. The second-order valence-corrected chi connectivity index (χ2v) is 8.49. The van der Waals surface area contributed by atoms with E-state index < -0.39 is 27.4 Å². The molecule has 2 spiro atoms. The number of rotatable bonds is 1. The second kappa shape index (κ2) is 5.65. The molecule has 0 saturated carbocycles. The Morgan fingerprint density at radius 3 is 2.43 bits per heavy atom. The molecule has 3 atom stereocenters. The van der Waals surface area contributed by atoms with Gasteiger partial charge in [-0.2, -0.15) is 0 Å². The van der Waals surface area contributed by atoms with E-state index in [1.165, 1.54) is 12.1 Å². The molecule has 3 amide bonds. The summed E-state index contributed by atoms with van der Waals surface area (Å²) < 4.78 is 12.1. The first-order chi connectivity index (χ1) is 13.4. The third-order valence-electron chi connectivity index (χ3n) is 6.03. The highest BCUT2D eigenvalue weighted by Gasteiger charge is 2.77. The fourth-order valence-corrected chi connectivity index (χ4v) is 6.41. The van der Waals surface area contributed by atoms with Crippen LogP contribution in [0.2, 0.25) is 0 Å². The molecule has 6 nitrogen and oxygen atoms in total. The molecule has 0 aliphatic carbocycles. The molecule has 2 aromatic carbocycles. The van der Waals surface area contributed by atoms with E-state index in [4.69, 9.17) is 0 Å². The molecule has 0 unspecified atom stereocenters. The molecule has 142 valence electrons. The molecule has 3 aliphatic heterocycles. The number of hydrogen-bond acceptors (Lipinski definition) is 5. The summed E-state index contributed by atoms with van der Waals surface area (Å²) in [4.78, 5) is 40.9.